The van der Waals surface area contributed by atoms with Crippen molar-refractivity contribution in [2.75, 3.05) is 23.1 Å². The van der Waals surface area contributed by atoms with E-state index in [9.17, 15) is 13.2 Å². The summed E-state index contributed by atoms with van der Waals surface area (Å²) in [6.45, 7) is 0. The molecule has 88 valence electrons. The summed E-state index contributed by atoms with van der Waals surface area (Å²) < 4.78 is 21.7. The minimum atomic E-state index is -3.33. The van der Waals surface area contributed by atoms with Gasteiger partial charge < -0.3 is 11.1 Å². The Morgan fingerprint density at radius 3 is 2.62 bits per heavy atom. The predicted molar refractivity (Wildman–Crippen MR) is 64.2 cm³/mol. The van der Waals surface area contributed by atoms with E-state index in [1.165, 1.54) is 12.1 Å². The third kappa shape index (κ3) is 4.08. The van der Waals surface area contributed by atoms with E-state index >= 15 is 0 Å². The van der Waals surface area contributed by atoms with Crippen molar-refractivity contribution >= 4 is 38.7 Å². The zero-order valence-electron chi connectivity index (χ0n) is 8.53. The Balaban J connectivity index is 2.74. The van der Waals surface area contributed by atoms with Gasteiger partial charge in [-0.25, -0.2) is 8.42 Å². The van der Waals surface area contributed by atoms with Gasteiger partial charge in [0.05, 0.1) is 10.7 Å². The first-order valence-electron chi connectivity index (χ1n) is 4.30. The average Bonchev–Trinajstić information content (AvgIpc) is 2.08. The van der Waals surface area contributed by atoms with E-state index in [1.807, 2.05) is 0 Å². The number of rotatable bonds is 3. The van der Waals surface area contributed by atoms with Crippen LogP contribution in [0.15, 0.2) is 18.2 Å². The number of nitrogens with two attached hydrogens (primary N) is 1. The van der Waals surface area contributed by atoms with Crippen LogP contribution >= 0.6 is 11.6 Å². The summed E-state index contributed by atoms with van der Waals surface area (Å²) in [7, 11) is -3.33. The molecule has 7 heteroatoms. The fourth-order valence-electron chi connectivity index (χ4n) is 1.06. The molecule has 16 heavy (non-hydrogen) atoms. The van der Waals surface area contributed by atoms with Crippen molar-refractivity contribution in [2.24, 2.45) is 0 Å². The summed E-state index contributed by atoms with van der Waals surface area (Å²) in [4.78, 5) is 11.3. The minimum Gasteiger partial charge on any atom is -0.397 e. The van der Waals surface area contributed by atoms with Gasteiger partial charge in [0.25, 0.3) is 0 Å². The van der Waals surface area contributed by atoms with Gasteiger partial charge in [-0.2, -0.15) is 0 Å². The van der Waals surface area contributed by atoms with Crippen molar-refractivity contribution in [3.8, 4) is 0 Å². The van der Waals surface area contributed by atoms with Gasteiger partial charge in [0.15, 0.2) is 9.84 Å². The summed E-state index contributed by atoms with van der Waals surface area (Å²) in [6, 6.07) is 4.52. The molecule has 0 aromatic heterocycles. The van der Waals surface area contributed by atoms with E-state index in [-0.39, 0.29) is 0 Å². The van der Waals surface area contributed by atoms with E-state index in [1.54, 1.807) is 6.07 Å². The second-order valence-electron chi connectivity index (χ2n) is 3.35. The largest absolute Gasteiger partial charge is 0.397 e. The van der Waals surface area contributed by atoms with Gasteiger partial charge >= 0.3 is 0 Å². The average molecular weight is 263 g/mol. The number of benzene rings is 1. The number of carbonyl (C=O) groups is 1. The van der Waals surface area contributed by atoms with E-state index in [4.69, 9.17) is 17.3 Å². The first kappa shape index (κ1) is 12.8. The van der Waals surface area contributed by atoms with Crippen LogP contribution in [0.3, 0.4) is 0 Å². The molecule has 0 aliphatic carbocycles. The quantitative estimate of drug-likeness (QED) is 0.792. The van der Waals surface area contributed by atoms with Crippen LogP contribution in [0.4, 0.5) is 11.4 Å². The van der Waals surface area contributed by atoms with E-state index in [0.717, 1.165) is 6.26 Å². The van der Waals surface area contributed by atoms with E-state index < -0.39 is 21.5 Å². The molecule has 5 nitrogen and oxygen atoms in total. The van der Waals surface area contributed by atoms with Crippen molar-refractivity contribution in [1.29, 1.82) is 0 Å². The Hall–Kier alpha value is -1.27. The van der Waals surface area contributed by atoms with Crippen molar-refractivity contribution < 1.29 is 13.2 Å². The molecule has 1 rings (SSSR count). The molecule has 0 radical (unpaired) electrons. The van der Waals surface area contributed by atoms with Crippen molar-refractivity contribution in [1.82, 2.24) is 0 Å². The van der Waals surface area contributed by atoms with Gasteiger partial charge in [-0.05, 0) is 18.2 Å². The molecule has 0 saturated carbocycles. The Labute approximate surface area is 98.5 Å². The molecular formula is C9H11ClN2O3S. The minimum absolute atomic E-state index is 0.318. The lowest BCUT2D eigenvalue weighted by atomic mass is 10.3. The number of halogens is 1. The highest BCUT2D eigenvalue weighted by Crippen LogP contribution is 2.22. The molecule has 0 aliphatic rings. The highest BCUT2D eigenvalue weighted by molar-refractivity contribution is 7.91. The number of amides is 1. The molecule has 0 spiro atoms. The van der Waals surface area contributed by atoms with Crippen LogP contribution < -0.4 is 11.1 Å². The van der Waals surface area contributed by atoms with E-state index in [2.05, 4.69) is 5.32 Å². The third-order valence-electron chi connectivity index (χ3n) is 1.67. The number of carbonyl (C=O) groups excluding carboxylic acids is 1. The third-order valence-corrected chi connectivity index (χ3v) is 2.80. The smallest absolute Gasteiger partial charge is 0.239 e. The molecule has 1 aromatic rings. The van der Waals surface area contributed by atoms with Crippen molar-refractivity contribution in [3.63, 3.8) is 0 Å². The van der Waals surface area contributed by atoms with Crippen molar-refractivity contribution in [3.05, 3.63) is 23.2 Å². The van der Waals surface area contributed by atoms with Gasteiger partial charge in [-0.1, -0.05) is 11.6 Å². The lowest BCUT2D eigenvalue weighted by Gasteiger charge is -2.05. The summed E-state index contributed by atoms with van der Waals surface area (Å²) in [5, 5.41) is 2.79. The highest BCUT2D eigenvalue weighted by Gasteiger charge is 2.11. The topological polar surface area (TPSA) is 89.3 Å². The second kappa shape index (κ2) is 4.71. The Morgan fingerprint density at radius 1 is 1.50 bits per heavy atom. The molecule has 0 unspecified atom stereocenters. The standard InChI is InChI=1S/C9H11ClN2O3S/c1-16(14,15)5-9(13)12-6-2-3-7(10)8(11)4-6/h2-4H,5,11H2,1H3,(H,12,13). The molecular weight excluding hydrogens is 252 g/mol. The number of nitrogen functional groups attached to an aromatic ring is 1. The number of sulfone groups is 1. The van der Waals surface area contributed by atoms with Crippen LogP contribution in [-0.2, 0) is 14.6 Å². The molecule has 0 bridgehead atoms. The molecule has 0 heterocycles. The maximum atomic E-state index is 11.3. The van der Waals surface area contributed by atoms with Crippen LogP contribution in [0.1, 0.15) is 0 Å². The van der Waals surface area contributed by atoms with Crippen LogP contribution in [0.25, 0.3) is 0 Å². The zero-order valence-corrected chi connectivity index (χ0v) is 10.1. The lowest BCUT2D eigenvalue weighted by Crippen LogP contribution is -2.21. The highest BCUT2D eigenvalue weighted by atomic mass is 35.5. The Bertz CT molecular complexity index is 513. The summed E-state index contributed by atoms with van der Waals surface area (Å²) in [5.74, 6) is -1.17. The summed E-state index contributed by atoms with van der Waals surface area (Å²) in [6.07, 6.45) is 0.989. The van der Waals surface area contributed by atoms with Gasteiger partial charge in [-0.15, -0.1) is 0 Å². The number of nitrogens with one attached hydrogen (secondary N) is 1. The zero-order chi connectivity index (χ0) is 12.3. The first-order valence-corrected chi connectivity index (χ1v) is 6.74. The maximum Gasteiger partial charge on any atom is 0.239 e. The maximum absolute atomic E-state index is 11.3. The number of hydrogen-bond acceptors (Lipinski definition) is 4. The normalized spacial score (nSPS) is 11.1. The van der Waals surface area contributed by atoms with Crippen molar-refractivity contribution in [2.45, 2.75) is 0 Å². The lowest BCUT2D eigenvalue weighted by molar-refractivity contribution is -0.113. The summed E-state index contributed by atoms with van der Waals surface area (Å²) in [5.41, 5.74) is 6.25. The predicted octanol–water partition coefficient (Wildman–Crippen LogP) is 0.905. The number of hydrogen-bond donors (Lipinski definition) is 2. The molecule has 0 atom stereocenters. The van der Waals surface area contributed by atoms with Crippen LogP contribution in [-0.4, -0.2) is 26.3 Å². The fourth-order valence-corrected chi connectivity index (χ4v) is 1.72. The van der Waals surface area contributed by atoms with E-state index in [0.29, 0.717) is 16.4 Å². The molecule has 0 aliphatic heterocycles. The molecule has 3 N–H and O–H groups in total. The Morgan fingerprint density at radius 2 is 2.12 bits per heavy atom. The first-order chi connectivity index (χ1) is 7.28. The van der Waals surface area contributed by atoms with Crippen LogP contribution in [0.2, 0.25) is 5.02 Å². The SMILES string of the molecule is CS(=O)(=O)CC(=O)Nc1ccc(Cl)c(N)c1. The monoisotopic (exact) mass is 262 g/mol. The van der Waals surface area contributed by atoms with Gasteiger partial charge in [-0.3, -0.25) is 4.79 Å². The summed E-state index contributed by atoms with van der Waals surface area (Å²) >= 11 is 5.69. The van der Waals surface area contributed by atoms with Crippen LogP contribution in [0, 0.1) is 0 Å². The Kier molecular flexibility index (Phi) is 3.77. The molecule has 0 fully saturated rings. The van der Waals surface area contributed by atoms with Gasteiger partial charge in [0, 0.05) is 11.9 Å². The van der Waals surface area contributed by atoms with Gasteiger partial charge in [0.2, 0.25) is 5.91 Å². The number of anilines is 2. The molecule has 1 amide bonds. The fraction of sp³-hybridized carbons (Fsp3) is 0.222. The van der Waals surface area contributed by atoms with Crippen LogP contribution in [0.5, 0.6) is 0 Å². The molecule has 0 saturated heterocycles. The molecule has 1 aromatic carbocycles. The second-order valence-corrected chi connectivity index (χ2v) is 5.90. The van der Waals surface area contributed by atoms with Gasteiger partial charge in [0.1, 0.15) is 5.75 Å².